The predicted octanol–water partition coefficient (Wildman–Crippen LogP) is 1.05. The Kier molecular flexibility index (Phi) is 3.12. The van der Waals surface area contributed by atoms with Crippen LogP contribution in [0.1, 0.15) is 30.7 Å². The van der Waals surface area contributed by atoms with Crippen molar-refractivity contribution in [2.24, 2.45) is 0 Å². The minimum absolute atomic E-state index is 0.0855. The standard InChI is InChI=1S/C11H16N4O/c1-8-9(2)13-14-11(12-8)15-6-4-3-5-10(15)7-16/h7,10H,3-6H2,1-2H3. The summed E-state index contributed by atoms with van der Waals surface area (Å²) in [5.74, 6) is 0.583. The number of hydrogen-bond acceptors (Lipinski definition) is 5. The molecule has 0 N–H and O–H groups in total. The van der Waals surface area contributed by atoms with Gasteiger partial charge in [0.25, 0.3) is 0 Å². The monoisotopic (exact) mass is 220 g/mol. The molecule has 1 saturated heterocycles. The number of carbonyl (C=O) groups is 1. The molecule has 0 saturated carbocycles. The van der Waals surface area contributed by atoms with Crippen molar-refractivity contribution in [3.63, 3.8) is 0 Å². The molecule has 2 heterocycles. The van der Waals surface area contributed by atoms with E-state index in [0.29, 0.717) is 5.95 Å². The molecule has 1 aromatic rings. The van der Waals surface area contributed by atoms with E-state index in [9.17, 15) is 4.79 Å². The van der Waals surface area contributed by atoms with Crippen LogP contribution >= 0.6 is 0 Å². The van der Waals surface area contributed by atoms with Gasteiger partial charge in [0.05, 0.1) is 17.4 Å². The van der Waals surface area contributed by atoms with Gasteiger partial charge in [-0.25, -0.2) is 4.98 Å². The molecular formula is C11H16N4O. The van der Waals surface area contributed by atoms with Gasteiger partial charge < -0.3 is 9.69 Å². The van der Waals surface area contributed by atoms with Crippen molar-refractivity contribution in [1.29, 1.82) is 0 Å². The number of nitrogens with zero attached hydrogens (tertiary/aromatic N) is 4. The molecule has 16 heavy (non-hydrogen) atoms. The average Bonchev–Trinajstić information content (AvgIpc) is 2.32. The van der Waals surface area contributed by atoms with Crippen LogP contribution in [0.25, 0.3) is 0 Å². The van der Waals surface area contributed by atoms with E-state index in [2.05, 4.69) is 15.2 Å². The molecular weight excluding hydrogens is 204 g/mol. The van der Waals surface area contributed by atoms with Gasteiger partial charge in [-0.2, -0.15) is 5.10 Å². The maximum atomic E-state index is 11.0. The normalized spacial score (nSPS) is 20.9. The van der Waals surface area contributed by atoms with E-state index in [1.165, 1.54) is 0 Å². The summed E-state index contributed by atoms with van der Waals surface area (Å²) in [4.78, 5) is 17.3. The van der Waals surface area contributed by atoms with Crippen LogP contribution in [-0.2, 0) is 4.79 Å². The minimum Gasteiger partial charge on any atom is -0.330 e. The van der Waals surface area contributed by atoms with Crippen molar-refractivity contribution >= 4 is 12.2 Å². The van der Waals surface area contributed by atoms with E-state index in [-0.39, 0.29) is 6.04 Å². The first-order chi connectivity index (χ1) is 7.72. The highest BCUT2D eigenvalue weighted by molar-refractivity contribution is 5.64. The zero-order valence-electron chi connectivity index (χ0n) is 9.68. The predicted molar refractivity (Wildman–Crippen MR) is 60.4 cm³/mol. The maximum absolute atomic E-state index is 11.0. The number of hydrogen-bond donors (Lipinski definition) is 0. The fourth-order valence-corrected chi connectivity index (χ4v) is 1.91. The quantitative estimate of drug-likeness (QED) is 0.697. The molecule has 1 unspecified atom stereocenters. The largest absolute Gasteiger partial charge is 0.330 e. The van der Waals surface area contributed by atoms with Crippen molar-refractivity contribution in [3.8, 4) is 0 Å². The van der Waals surface area contributed by atoms with Crippen LogP contribution in [0.4, 0.5) is 5.95 Å². The lowest BCUT2D eigenvalue weighted by molar-refractivity contribution is -0.109. The summed E-state index contributed by atoms with van der Waals surface area (Å²) in [6.07, 6.45) is 4.05. The van der Waals surface area contributed by atoms with Crippen molar-refractivity contribution < 1.29 is 4.79 Å². The molecule has 0 radical (unpaired) electrons. The fraction of sp³-hybridized carbons (Fsp3) is 0.636. The molecule has 0 aromatic carbocycles. The first-order valence-corrected chi connectivity index (χ1v) is 5.62. The number of aldehydes is 1. The Morgan fingerprint density at radius 3 is 2.75 bits per heavy atom. The molecule has 1 aliphatic heterocycles. The van der Waals surface area contributed by atoms with Crippen LogP contribution in [-0.4, -0.2) is 34.1 Å². The third-order valence-electron chi connectivity index (χ3n) is 3.04. The topological polar surface area (TPSA) is 59.0 Å². The molecule has 0 bridgehead atoms. The lowest BCUT2D eigenvalue weighted by Gasteiger charge is -2.31. The maximum Gasteiger partial charge on any atom is 0.246 e. The highest BCUT2D eigenvalue weighted by Crippen LogP contribution is 2.20. The van der Waals surface area contributed by atoms with Crippen molar-refractivity contribution in [2.75, 3.05) is 11.4 Å². The number of aryl methyl sites for hydroxylation is 2. The smallest absolute Gasteiger partial charge is 0.246 e. The van der Waals surface area contributed by atoms with Gasteiger partial charge in [-0.15, -0.1) is 5.10 Å². The van der Waals surface area contributed by atoms with Gasteiger partial charge in [0.15, 0.2) is 0 Å². The summed E-state index contributed by atoms with van der Waals surface area (Å²) in [5.41, 5.74) is 1.71. The lowest BCUT2D eigenvalue weighted by Crippen LogP contribution is -2.41. The van der Waals surface area contributed by atoms with Crippen LogP contribution in [0.5, 0.6) is 0 Å². The number of carbonyl (C=O) groups excluding carboxylic acids is 1. The van der Waals surface area contributed by atoms with Crippen molar-refractivity contribution in [2.45, 2.75) is 39.2 Å². The van der Waals surface area contributed by atoms with Gasteiger partial charge in [0, 0.05) is 6.54 Å². The highest BCUT2D eigenvalue weighted by atomic mass is 16.1. The summed E-state index contributed by atoms with van der Waals surface area (Å²) in [6, 6.07) is -0.0855. The Morgan fingerprint density at radius 2 is 2.06 bits per heavy atom. The molecule has 1 fully saturated rings. The van der Waals surface area contributed by atoms with Gasteiger partial charge in [-0.3, -0.25) is 0 Å². The lowest BCUT2D eigenvalue weighted by atomic mass is 10.0. The van der Waals surface area contributed by atoms with E-state index < -0.39 is 0 Å². The molecule has 0 aliphatic carbocycles. The minimum atomic E-state index is -0.0855. The van der Waals surface area contributed by atoms with Gasteiger partial charge in [0.2, 0.25) is 5.95 Å². The molecule has 1 aromatic heterocycles. The number of anilines is 1. The fourth-order valence-electron chi connectivity index (χ4n) is 1.91. The second-order valence-electron chi connectivity index (χ2n) is 4.18. The third kappa shape index (κ3) is 2.03. The molecule has 0 spiro atoms. The molecule has 5 nitrogen and oxygen atoms in total. The summed E-state index contributed by atoms with van der Waals surface area (Å²) < 4.78 is 0. The van der Waals surface area contributed by atoms with Gasteiger partial charge in [-0.1, -0.05) is 0 Å². The van der Waals surface area contributed by atoms with Gasteiger partial charge in [-0.05, 0) is 33.1 Å². The summed E-state index contributed by atoms with van der Waals surface area (Å²) in [6.45, 7) is 4.63. The molecule has 2 rings (SSSR count). The van der Waals surface area contributed by atoms with Crippen LogP contribution in [0.15, 0.2) is 0 Å². The molecule has 5 heteroatoms. The van der Waals surface area contributed by atoms with Crippen molar-refractivity contribution in [1.82, 2.24) is 15.2 Å². The molecule has 1 atom stereocenters. The Hall–Kier alpha value is -1.52. The van der Waals surface area contributed by atoms with E-state index in [0.717, 1.165) is 43.5 Å². The van der Waals surface area contributed by atoms with E-state index >= 15 is 0 Å². The Morgan fingerprint density at radius 1 is 1.25 bits per heavy atom. The van der Waals surface area contributed by atoms with Gasteiger partial charge in [0.1, 0.15) is 6.29 Å². The highest BCUT2D eigenvalue weighted by Gasteiger charge is 2.24. The summed E-state index contributed by atoms with van der Waals surface area (Å²) >= 11 is 0. The first kappa shape index (κ1) is 11.0. The van der Waals surface area contributed by atoms with Gasteiger partial charge >= 0.3 is 0 Å². The number of rotatable bonds is 2. The number of aromatic nitrogens is 3. The first-order valence-electron chi connectivity index (χ1n) is 5.62. The number of piperidine rings is 1. The summed E-state index contributed by atoms with van der Waals surface area (Å²) in [7, 11) is 0. The van der Waals surface area contributed by atoms with Crippen LogP contribution in [0, 0.1) is 13.8 Å². The van der Waals surface area contributed by atoms with Crippen LogP contribution < -0.4 is 4.90 Å². The Bertz CT molecular complexity index is 394. The molecule has 1 aliphatic rings. The summed E-state index contributed by atoms with van der Waals surface area (Å²) in [5, 5.41) is 8.12. The van der Waals surface area contributed by atoms with Crippen LogP contribution in [0.2, 0.25) is 0 Å². The zero-order chi connectivity index (χ0) is 11.5. The van der Waals surface area contributed by atoms with Crippen molar-refractivity contribution in [3.05, 3.63) is 11.4 Å². The SMILES string of the molecule is Cc1nnc(N2CCCCC2C=O)nc1C. The molecule has 0 amide bonds. The van der Waals surface area contributed by atoms with E-state index in [1.54, 1.807) is 0 Å². The average molecular weight is 220 g/mol. The zero-order valence-corrected chi connectivity index (χ0v) is 9.68. The van der Waals surface area contributed by atoms with E-state index in [4.69, 9.17) is 0 Å². The second-order valence-corrected chi connectivity index (χ2v) is 4.18. The third-order valence-corrected chi connectivity index (χ3v) is 3.04. The molecule has 86 valence electrons. The van der Waals surface area contributed by atoms with E-state index in [1.807, 2.05) is 18.7 Å². The Labute approximate surface area is 94.9 Å². The van der Waals surface area contributed by atoms with Crippen LogP contribution in [0.3, 0.4) is 0 Å². The Balaban J connectivity index is 2.27. The second kappa shape index (κ2) is 4.55.